The van der Waals surface area contributed by atoms with Crippen LogP contribution in [0.2, 0.25) is 0 Å². The Labute approximate surface area is 96.2 Å². The summed E-state index contributed by atoms with van der Waals surface area (Å²) in [6.07, 6.45) is 1.51. The minimum absolute atomic E-state index is 0.220. The maximum atomic E-state index is 11.8. The lowest BCUT2D eigenvalue weighted by atomic mass is 9.80. The number of carbonyl (C=O) groups is 1. The zero-order valence-electron chi connectivity index (χ0n) is 10.5. The van der Waals surface area contributed by atoms with Crippen LogP contribution in [0.25, 0.3) is 0 Å². The number of hydrogen-bond acceptors (Lipinski definition) is 4. The fourth-order valence-electron chi connectivity index (χ4n) is 2.68. The lowest BCUT2D eigenvalue weighted by Crippen LogP contribution is -2.44. The van der Waals surface area contributed by atoms with Gasteiger partial charge in [-0.3, -0.25) is 0 Å². The molecule has 2 saturated heterocycles. The topological polar surface area (TPSA) is 48.1 Å². The van der Waals surface area contributed by atoms with Gasteiger partial charge in [0.1, 0.15) is 5.60 Å². The van der Waals surface area contributed by atoms with E-state index in [2.05, 4.69) is 0 Å². The Morgan fingerprint density at radius 1 is 1.38 bits per heavy atom. The smallest absolute Gasteiger partial charge is 0.341 e. The van der Waals surface area contributed by atoms with Gasteiger partial charge in [-0.15, -0.1) is 0 Å². The van der Waals surface area contributed by atoms with Gasteiger partial charge in [0.25, 0.3) is 0 Å². The van der Waals surface area contributed by atoms with Crippen LogP contribution in [0.15, 0.2) is 0 Å². The van der Waals surface area contributed by atoms with Crippen molar-refractivity contribution in [2.24, 2.45) is 0 Å². The van der Waals surface area contributed by atoms with Gasteiger partial charge in [-0.25, -0.2) is 4.79 Å². The number of epoxide rings is 1. The Morgan fingerprint density at radius 2 is 2.06 bits per heavy atom. The molecule has 1 spiro atoms. The quantitative estimate of drug-likeness (QED) is 0.533. The summed E-state index contributed by atoms with van der Waals surface area (Å²) in [7, 11) is 0. The first-order valence-corrected chi connectivity index (χ1v) is 5.87. The molecule has 2 aliphatic rings. The molecule has 0 aromatic heterocycles. The van der Waals surface area contributed by atoms with Crippen LogP contribution in [0.1, 0.15) is 40.5 Å². The normalized spacial score (nSPS) is 40.8. The predicted octanol–water partition coefficient (Wildman–Crippen LogP) is 1.67. The van der Waals surface area contributed by atoms with Crippen LogP contribution in [0.3, 0.4) is 0 Å². The molecule has 0 amide bonds. The molecule has 0 unspecified atom stereocenters. The summed E-state index contributed by atoms with van der Waals surface area (Å²) in [6.45, 7) is 8.73. The molecule has 16 heavy (non-hydrogen) atoms. The number of hydrogen-bond donors (Lipinski definition) is 0. The second kappa shape index (κ2) is 3.44. The summed E-state index contributed by atoms with van der Waals surface area (Å²) in [5, 5.41) is 0. The minimum atomic E-state index is -0.760. The van der Waals surface area contributed by atoms with Gasteiger partial charge in [-0.05, 0) is 27.7 Å². The van der Waals surface area contributed by atoms with Gasteiger partial charge in [-0.2, -0.15) is 0 Å². The fourth-order valence-corrected chi connectivity index (χ4v) is 2.68. The van der Waals surface area contributed by atoms with E-state index in [-0.39, 0.29) is 17.2 Å². The maximum Gasteiger partial charge on any atom is 0.341 e. The highest BCUT2D eigenvalue weighted by Crippen LogP contribution is 2.57. The second-order valence-corrected chi connectivity index (χ2v) is 5.39. The molecule has 92 valence electrons. The maximum absolute atomic E-state index is 11.8. The van der Waals surface area contributed by atoms with Crippen molar-refractivity contribution in [2.75, 3.05) is 13.2 Å². The minimum Gasteiger partial charge on any atom is -0.464 e. The number of ether oxygens (including phenoxy) is 3. The number of esters is 1. The second-order valence-electron chi connectivity index (χ2n) is 5.39. The number of carbonyl (C=O) groups excluding carboxylic acids is 1. The molecule has 4 nitrogen and oxygen atoms in total. The highest BCUT2D eigenvalue weighted by atomic mass is 16.7. The van der Waals surface area contributed by atoms with Crippen LogP contribution in [0.5, 0.6) is 0 Å². The first-order chi connectivity index (χ1) is 7.35. The lowest BCUT2D eigenvalue weighted by molar-refractivity contribution is -0.149. The van der Waals surface area contributed by atoms with E-state index < -0.39 is 5.60 Å². The largest absolute Gasteiger partial charge is 0.464 e. The third kappa shape index (κ3) is 1.64. The molecule has 0 aromatic rings. The molecule has 0 N–H and O–H groups in total. The van der Waals surface area contributed by atoms with Crippen molar-refractivity contribution in [1.29, 1.82) is 0 Å². The average molecular weight is 228 g/mol. The summed E-state index contributed by atoms with van der Waals surface area (Å²) >= 11 is 0. The van der Waals surface area contributed by atoms with Gasteiger partial charge in [0.15, 0.2) is 5.60 Å². The summed E-state index contributed by atoms with van der Waals surface area (Å²) < 4.78 is 16.4. The van der Waals surface area contributed by atoms with Gasteiger partial charge >= 0.3 is 5.97 Å². The van der Waals surface area contributed by atoms with Crippen LogP contribution in [0, 0.1) is 0 Å². The van der Waals surface area contributed by atoms with Crippen LogP contribution in [0.4, 0.5) is 0 Å². The van der Waals surface area contributed by atoms with Crippen LogP contribution >= 0.6 is 0 Å². The van der Waals surface area contributed by atoms with Gasteiger partial charge in [0.2, 0.25) is 0 Å². The number of rotatable bonds is 2. The van der Waals surface area contributed by atoms with E-state index in [0.29, 0.717) is 13.2 Å². The molecule has 2 atom stereocenters. The molecule has 2 fully saturated rings. The van der Waals surface area contributed by atoms with Crippen molar-refractivity contribution < 1.29 is 19.0 Å². The van der Waals surface area contributed by atoms with Crippen molar-refractivity contribution in [3.63, 3.8) is 0 Å². The summed E-state index contributed by atoms with van der Waals surface area (Å²) in [4.78, 5) is 11.8. The molecule has 0 radical (unpaired) electrons. The molecule has 0 aliphatic carbocycles. The molecule has 0 bridgehead atoms. The highest BCUT2D eigenvalue weighted by molar-refractivity contribution is 5.84. The predicted molar refractivity (Wildman–Crippen MR) is 58.1 cm³/mol. The molecular weight excluding hydrogens is 208 g/mol. The van der Waals surface area contributed by atoms with Crippen LogP contribution in [-0.4, -0.2) is 36.0 Å². The monoisotopic (exact) mass is 228 g/mol. The molecule has 0 saturated carbocycles. The van der Waals surface area contributed by atoms with E-state index in [4.69, 9.17) is 14.2 Å². The van der Waals surface area contributed by atoms with Crippen molar-refractivity contribution in [3.8, 4) is 0 Å². The first kappa shape index (κ1) is 11.9. The van der Waals surface area contributed by atoms with E-state index in [1.54, 1.807) is 0 Å². The standard InChI is InChI=1S/C12H20O4/c1-5-14-9(13)11(4)12(16-11)6-7-15-10(2,3)8-12/h5-8H2,1-4H3/t11-,12+/m0/s1. The molecular formula is C12H20O4. The molecule has 0 aromatic carbocycles. The van der Waals surface area contributed by atoms with Crippen LogP contribution in [-0.2, 0) is 19.0 Å². The fraction of sp³-hybridized carbons (Fsp3) is 0.917. The third-order valence-corrected chi connectivity index (χ3v) is 3.60. The molecule has 2 rings (SSSR count). The SMILES string of the molecule is CCOC(=O)[C@]1(C)O[C@@]12CCOC(C)(C)C2. The Balaban J connectivity index is 2.10. The van der Waals surface area contributed by atoms with Crippen molar-refractivity contribution >= 4 is 5.97 Å². The third-order valence-electron chi connectivity index (χ3n) is 3.60. The van der Waals surface area contributed by atoms with Gasteiger partial charge in [-0.1, -0.05) is 0 Å². The van der Waals surface area contributed by atoms with E-state index >= 15 is 0 Å². The molecule has 4 heteroatoms. The summed E-state index contributed by atoms with van der Waals surface area (Å²) in [6, 6.07) is 0. The Morgan fingerprint density at radius 3 is 2.62 bits per heavy atom. The van der Waals surface area contributed by atoms with Crippen LogP contribution < -0.4 is 0 Å². The van der Waals surface area contributed by atoms with E-state index in [1.165, 1.54) is 0 Å². The van der Waals surface area contributed by atoms with Gasteiger partial charge in [0, 0.05) is 12.8 Å². The lowest BCUT2D eigenvalue weighted by Gasteiger charge is -2.35. The Kier molecular flexibility index (Phi) is 2.55. The zero-order chi connectivity index (χ0) is 12.0. The Hall–Kier alpha value is -0.610. The average Bonchev–Trinajstić information content (AvgIpc) is 2.70. The summed E-state index contributed by atoms with van der Waals surface area (Å²) in [5.74, 6) is -0.243. The molecule has 2 heterocycles. The van der Waals surface area contributed by atoms with E-state index in [1.807, 2.05) is 27.7 Å². The molecule has 2 aliphatic heterocycles. The zero-order valence-corrected chi connectivity index (χ0v) is 10.5. The van der Waals surface area contributed by atoms with Crippen molar-refractivity contribution in [1.82, 2.24) is 0 Å². The van der Waals surface area contributed by atoms with Crippen molar-refractivity contribution in [3.05, 3.63) is 0 Å². The van der Waals surface area contributed by atoms with E-state index in [0.717, 1.165) is 12.8 Å². The first-order valence-electron chi connectivity index (χ1n) is 5.87. The van der Waals surface area contributed by atoms with Gasteiger partial charge < -0.3 is 14.2 Å². The Bertz CT molecular complexity index is 312. The van der Waals surface area contributed by atoms with Gasteiger partial charge in [0.05, 0.1) is 18.8 Å². The van der Waals surface area contributed by atoms with E-state index in [9.17, 15) is 4.79 Å². The van der Waals surface area contributed by atoms with Crippen molar-refractivity contribution in [2.45, 2.75) is 57.3 Å². The summed E-state index contributed by atoms with van der Waals surface area (Å²) in [5.41, 5.74) is -1.34. The highest BCUT2D eigenvalue weighted by Gasteiger charge is 2.74.